The van der Waals surface area contributed by atoms with Gasteiger partial charge in [-0.25, -0.2) is 0 Å². The van der Waals surface area contributed by atoms with E-state index in [2.05, 4.69) is 0 Å². The van der Waals surface area contributed by atoms with E-state index in [1.807, 2.05) is 0 Å². The molecule has 1 fully saturated rings. The molecule has 174 valence electrons. The first-order valence-corrected chi connectivity index (χ1v) is 10.9. The van der Waals surface area contributed by atoms with E-state index in [1.54, 1.807) is 49.4 Å². The summed E-state index contributed by atoms with van der Waals surface area (Å²) in [5, 5.41) is 22.1. The normalized spacial score (nSPS) is 17.1. The van der Waals surface area contributed by atoms with Gasteiger partial charge in [0.1, 0.15) is 23.0 Å². The van der Waals surface area contributed by atoms with Crippen LogP contribution in [0, 0.1) is 0 Å². The molecule has 0 bridgehead atoms. The number of benzene rings is 3. The Morgan fingerprint density at radius 1 is 1.06 bits per heavy atom. The fourth-order valence-corrected chi connectivity index (χ4v) is 4.12. The van der Waals surface area contributed by atoms with Crippen molar-refractivity contribution in [2.75, 3.05) is 18.6 Å². The van der Waals surface area contributed by atoms with Crippen LogP contribution in [0.5, 0.6) is 17.2 Å². The Kier molecular flexibility index (Phi) is 6.47. The van der Waals surface area contributed by atoms with Crippen LogP contribution in [0.1, 0.15) is 24.1 Å². The summed E-state index contributed by atoms with van der Waals surface area (Å²) >= 11 is 6.18. The maximum Gasteiger partial charge on any atom is 0.300 e. The molecule has 7 nitrogen and oxygen atoms in total. The molecule has 1 aliphatic rings. The number of methoxy groups -OCH3 is 1. The molecule has 34 heavy (non-hydrogen) atoms. The first kappa shape index (κ1) is 23.2. The summed E-state index contributed by atoms with van der Waals surface area (Å²) in [6, 6.07) is 16.6. The van der Waals surface area contributed by atoms with Gasteiger partial charge in [-0.1, -0.05) is 35.9 Å². The number of aliphatic hydroxyl groups excluding tert-OH is 1. The van der Waals surface area contributed by atoms with Crippen LogP contribution in [0.15, 0.2) is 72.3 Å². The molecule has 1 saturated heterocycles. The van der Waals surface area contributed by atoms with Gasteiger partial charge in [0.05, 0.1) is 36.0 Å². The molecule has 1 amide bonds. The zero-order valence-corrected chi connectivity index (χ0v) is 19.2. The van der Waals surface area contributed by atoms with Crippen molar-refractivity contribution in [3.8, 4) is 17.2 Å². The van der Waals surface area contributed by atoms with Crippen molar-refractivity contribution in [2.45, 2.75) is 13.0 Å². The highest BCUT2D eigenvalue weighted by Crippen LogP contribution is 2.45. The zero-order chi connectivity index (χ0) is 24.4. The van der Waals surface area contributed by atoms with E-state index in [0.29, 0.717) is 28.7 Å². The van der Waals surface area contributed by atoms with Crippen molar-refractivity contribution < 1.29 is 29.3 Å². The van der Waals surface area contributed by atoms with E-state index in [1.165, 1.54) is 36.3 Å². The highest BCUT2D eigenvalue weighted by Gasteiger charge is 2.47. The third-order valence-electron chi connectivity index (χ3n) is 5.50. The van der Waals surface area contributed by atoms with Gasteiger partial charge in [0.15, 0.2) is 0 Å². The zero-order valence-electron chi connectivity index (χ0n) is 18.5. The summed E-state index contributed by atoms with van der Waals surface area (Å²) in [5.41, 5.74) is 0.784. The molecule has 1 heterocycles. The smallest absolute Gasteiger partial charge is 0.300 e. The van der Waals surface area contributed by atoms with Crippen LogP contribution in [-0.4, -0.2) is 35.6 Å². The number of ketones is 1. The number of nitrogens with zero attached hydrogens (tertiary/aromatic N) is 1. The minimum Gasteiger partial charge on any atom is -0.507 e. The van der Waals surface area contributed by atoms with E-state index < -0.39 is 17.7 Å². The van der Waals surface area contributed by atoms with Crippen LogP contribution >= 0.6 is 11.6 Å². The minimum absolute atomic E-state index is 0.133. The quantitative estimate of drug-likeness (QED) is 0.291. The Morgan fingerprint density at radius 2 is 1.82 bits per heavy atom. The summed E-state index contributed by atoms with van der Waals surface area (Å²) in [4.78, 5) is 27.6. The number of para-hydroxylation sites is 2. The molecule has 0 saturated carbocycles. The van der Waals surface area contributed by atoms with Gasteiger partial charge in [-0.15, -0.1) is 0 Å². The predicted molar refractivity (Wildman–Crippen MR) is 129 cm³/mol. The molecular weight excluding hydrogens is 458 g/mol. The number of carbonyl (C=O) groups excluding carboxylic acids is 2. The number of rotatable bonds is 6. The summed E-state index contributed by atoms with van der Waals surface area (Å²) < 4.78 is 10.8. The highest BCUT2D eigenvalue weighted by atomic mass is 35.5. The number of phenolic OH excluding ortho intramolecular Hbond substituents is 1. The van der Waals surface area contributed by atoms with E-state index in [4.69, 9.17) is 21.1 Å². The van der Waals surface area contributed by atoms with E-state index in [0.717, 1.165) is 0 Å². The fraction of sp³-hybridized carbons (Fsp3) is 0.154. The molecular formula is C26H22ClNO6. The number of amides is 1. The lowest BCUT2D eigenvalue weighted by atomic mass is 9.95. The molecule has 0 radical (unpaired) electrons. The van der Waals surface area contributed by atoms with Crippen molar-refractivity contribution in [2.24, 2.45) is 0 Å². The van der Waals surface area contributed by atoms with Gasteiger partial charge >= 0.3 is 0 Å². The van der Waals surface area contributed by atoms with Crippen LogP contribution < -0.4 is 14.4 Å². The van der Waals surface area contributed by atoms with Crippen LogP contribution in [0.3, 0.4) is 0 Å². The van der Waals surface area contributed by atoms with Gasteiger partial charge in [0.25, 0.3) is 11.7 Å². The number of phenols is 1. The Balaban J connectivity index is 1.96. The molecule has 0 spiro atoms. The number of aromatic hydroxyl groups is 1. The number of anilines is 1. The van der Waals surface area contributed by atoms with E-state index in [9.17, 15) is 19.8 Å². The number of ether oxygens (including phenoxy) is 2. The largest absolute Gasteiger partial charge is 0.507 e. The second-order valence-electron chi connectivity index (χ2n) is 7.51. The Hall–Kier alpha value is -3.97. The molecule has 1 aliphatic heterocycles. The molecule has 3 aromatic rings. The molecule has 0 aliphatic carbocycles. The topological polar surface area (TPSA) is 96.3 Å². The highest BCUT2D eigenvalue weighted by molar-refractivity contribution is 6.52. The number of aliphatic hydroxyl groups is 1. The average Bonchev–Trinajstić information content (AvgIpc) is 3.11. The summed E-state index contributed by atoms with van der Waals surface area (Å²) in [6.45, 7) is 2.15. The maximum absolute atomic E-state index is 13.3. The van der Waals surface area contributed by atoms with Crippen molar-refractivity contribution in [1.29, 1.82) is 0 Å². The van der Waals surface area contributed by atoms with Gasteiger partial charge in [-0.3, -0.25) is 14.5 Å². The van der Waals surface area contributed by atoms with Crippen LogP contribution in [0.25, 0.3) is 5.76 Å². The monoisotopic (exact) mass is 479 g/mol. The lowest BCUT2D eigenvalue weighted by Crippen LogP contribution is -2.29. The molecule has 1 unspecified atom stereocenters. The standard InChI is InChI=1S/C26H22ClNO6/c1-3-34-21-14-16(11-12-18(21)27)24(30)22-23(15-7-6-8-17(13-15)33-2)28(26(32)25(22)31)19-9-4-5-10-20(19)29/h4-14,23,29-30H,3H2,1-2H3/b24-22-. The molecule has 8 heteroatoms. The number of hydrogen-bond donors (Lipinski definition) is 2. The summed E-state index contributed by atoms with van der Waals surface area (Å²) in [7, 11) is 1.50. The van der Waals surface area contributed by atoms with Gasteiger partial charge in [-0.05, 0) is 55.0 Å². The molecule has 2 N–H and O–H groups in total. The predicted octanol–water partition coefficient (Wildman–Crippen LogP) is 5.08. The number of halogens is 1. The number of carbonyl (C=O) groups is 2. The third kappa shape index (κ3) is 4.06. The van der Waals surface area contributed by atoms with E-state index >= 15 is 0 Å². The van der Waals surface area contributed by atoms with Crippen LogP contribution in [0.4, 0.5) is 5.69 Å². The molecule has 0 aromatic heterocycles. The van der Waals surface area contributed by atoms with Gasteiger partial charge < -0.3 is 19.7 Å². The van der Waals surface area contributed by atoms with Crippen molar-refractivity contribution in [3.63, 3.8) is 0 Å². The van der Waals surface area contributed by atoms with Crippen LogP contribution in [0.2, 0.25) is 5.02 Å². The number of Topliss-reactive ketones (excluding diaryl/α,β-unsaturated/α-hetero) is 1. The van der Waals surface area contributed by atoms with Crippen molar-refractivity contribution in [1.82, 2.24) is 0 Å². The SMILES string of the molecule is CCOc1cc(/C(O)=C2/C(=O)C(=O)N(c3ccccc3O)C2c2cccc(OC)c2)ccc1Cl. The number of hydrogen-bond acceptors (Lipinski definition) is 6. The lowest BCUT2D eigenvalue weighted by Gasteiger charge is -2.26. The Morgan fingerprint density at radius 3 is 2.53 bits per heavy atom. The average molecular weight is 480 g/mol. The second kappa shape index (κ2) is 9.49. The first-order chi connectivity index (χ1) is 16.4. The third-order valence-corrected chi connectivity index (χ3v) is 5.81. The van der Waals surface area contributed by atoms with Gasteiger partial charge in [0.2, 0.25) is 0 Å². The van der Waals surface area contributed by atoms with Gasteiger partial charge in [0, 0.05) is 5.56 Å². The lowest BCUT2D eigenvalue weighted by molar-refractivity contribution is -0.132. The molecule has 4 rings (SSSR count). The first-order valence-electron chi connectivity index (χ1n) is 10.5. The van der Waals surface area contributed by atoms with Crippen molar-refractivity contribution in [3.05, 3.63) is 88.5 Å². The van der Waals surface area contributed by atoms with Crippen LogP contribution in [-0.2, 0) is 9.59 Å². The Labute approximate surface area is 201 Å². The minimum atomic E-state index is -1.02. The summed E-state index contributed by atoms with van der Waals surface area (Å²) in [6.07, 6.45) is 0. The maximum atomic E-state index is 13.3. The molecule has 3 aromatic carbocycles. The van der Waals surface area contributed by atoms with E-state index in [-0.39, 0.29) is 28.3 Å². The fourth-order valence-electron chi connectivity index (χ4n) is 3.95. The second-order valence-corrected chi connectivity index (χ2v) is 7.92. The Bertz CT molecular complexity index is 1300. The van der Waals surface area contributed by atoms with Gasteiger partial charge in [-0.2, -0.15) is 0 Å². The van der Waals surface area contributed by atoms with Crippen molar-refractivity contribution >= 4 is 34.7 Å². The summed E-state index contributed by atoms with van der Waals surface area (Å²) in [5.74, 6) is -1.49. The molecule has 1 atom stereocenters.